The van der Waals surface area contributed by atoms with Crippen molar-refractivity contribution in [2.75, 3.05) is 6.61 Å². The smallest absolute Gasteiger partial charge is 0.301 e. The van der Waals surface area contributed by atoms with Gasteiger partial charge in [-0.15, -0.1) is 0 Å². The van der Waals surface area contributed by atoms with Crippen LogP contribution in [0.25, 0.3) is 11.2 Å². The predicted octanol–water partition coefficient (Wildman–Crippen LogP) is 0.0657. The Morgan fingerprint density at radius 3 is 2.87 bits per heavy atom. The van der Waals surface area contributed by atoms with E-state index in [1.807, 2.05) is 6.92 Å². The zero-order valence-electron chi connectivity index (χ0n) is 8.89. The third-order valence-electron chi connectivity index (χ3n) is 2.19. The Morgan fingerprint density at radius 2 is 2.20 bits per heavy atom. The second-order valence-electron chi connectivity index (χ2n) is 3.22. The highest BCUT2D eigenvalue weighted by Crippen LogP contribution is 2.09. The molecule has 0 amide bonds. The molecule has 0 radical (unpaired) electrons. The molecule has 0 atom stereocenters. The quantitative estimate of drug-likeness (QED) is 0.700. The molecule has 0 saturated heterocycles. The van der Waals surface area contributed by atoms with Crippen molar-refractivity contribution >= 4 is 11.2 Å². The lowest BCUT2D eigenvalue weighted by molar-refractivity contribution is 0.297. The molecule has 0 unspecified atom stereocenters. The van der Waals surface area contributed by atoms with Crippen LogP contribution < -0.4 is 10.3 Å². The highest BCUT2D eigenvalue weighted by Gasteiger charge is 2.12. The molecule has 2 aromatic heterocycles. The lowest BCUT2D eigenvalue weighted by Gasteiger charge is -2.06. The van der Waals surface area contributed by atoms with Gasteiger partial charge in [-0.25, -0.2) is 4.98 Å². The Balaban J connectivity index is 2.79. The Morgan fingerprint density at radius 1 is 1.47 bits per heavy atom. The van der Waals surface area contributed by atoms with Crippen LogP contribution in [0.1, 0.15) is 6.92 Å². The third-order valence-corrected chi connectivity index (χ3v) is 2.19. The summed E-state index contributed by atoms with van der Waals surface area (Å²) in [6, 6.07) is 0.300. The Labute approximate surface area is 86.1 Å². The minimum atomic E-state index is -0.150. The van der Waals surface area contributed by atoms with Gasteiger partial charge in [-0.3, -0.25) is 9.36 Å². The van der Waals surface area contributed by atoms with Crippen LogP contribution in [0.5, 0.6) is 6.01 Å². The van der Waals surface area contributed by atoms with E-state index in [-0.39, 0.29) is 5.56 Å². The molecule has 0 aliphatic rings. The third kappa shape index (κ3) is 1.38. The van der Waals surface area contributed by atoms with Gasteiger partial charge >= 0.3 is 6.01 Å². The second kappa shape index (κ2) is 3.38. The lowest BCUT2D eigenvalue weighted by atomic mass is 10.5. The van der Waals surface area contributed by atoms with Crippen molar-refractivity contribution in [2.24, 2.45) is 14.1 Å². The predicted molar refractivity (Wildman–Crippen MR) is 54.9 cm³/mol. The topological polar surface area (TPSA) is 61.9 Å². The maximum Gasteiger partial charge on any atom is 0.301 e. The van der Waals surface area contributed by atoms with E-state index < -0.39 is 0 Å². The van der Waals surface area contributed by atoms with Crippen LogP contribution in [-0.4, -0.2) is 25.7 Å². The maximum absolute atomic E-state index is 11.9. The number of aryl methyl sites for hydroxylation is 1. The Kier molecular flexibility index (Phi) is 2.18. The lowest BCUT2D eigenvalue weighted by Crippen LogP contribution is -2.22. The summed E-state index contributed by atoms with van der Waals surface area (Å²) in [4.78, 5) is 20.1. The van der Waals surface area contributed by atoms with Crippen molar-refractivity contribution in [3.63, 3.8) is 0 Å². The molecule has 0 aliphatic carbocycles. The van der Waals surface area contributed by atoms with Crippen LogP contribution in [0.3, 0.4) is 0 Å². The molecule has 0 spiro atoms. The van der Waals surface area contributed by atoms with Gasteiger partial charge in [0.05, 0.1) is 12.9 Å². The minimum Gasteiger partial charge on any atom is -0.465 e. The van der Waals surface area contributed by atoms with Crippen LogP contribution in [-0.2, 0) is 14.1 Å². The summed E-state index contributed by atoms with van der Waals surface area (Å²) >= 11 is 0. The number of nitrogens with zero attached hydrogens (tertiary/aromatic N) is 4. The van der Waals surface area contributed by atoms with Gasteiger partial charge in [0.25, 0.3) is 5.56 Å². The zero-order chi connectivity index (χ0) is 11.0. The van der Waals surface area contributed by atoms with Crippen LogP contribution in [0, 0.1) is 0 Å². The highest BCUT2D eigenvalue weighted by atomic mass is 16.5. The van der Waals surface area contributed by atoms with Crippen molar-refractivity contribution in [1.82, 2.24) is 19.1 Å². The molecule has 2 aromatic rings. The van der Waals surface area contributed by atoms with Gasteiger partial charge in [0.1, 0.15) is 0 Å². The molecule has 0 N–H and O–H groups in total. The summed E-state index contributed by atoms with van der Waals surface area (Å²) < 4.78 is 8.27. The molecular formula is C9H12N4O2. The fourth-order valence-electron chi connectivity index (χ4n) is 1.42. The normalized spacial score (nSPS) is 10.9. The number of fused-ring (bicyclic) bond motifs is 1. The standard InChI is InChI=1S/C9H12N4O2/c1-4-15-9-11-7-6(8(14)13(9)3)12(2)5-10-7/h5H,4H2,1-3H3. The molecule has 15 heavy (non-hydrogen) atoms. The van der Waals surface area contributed by atoms with Crippen LogP contribution >= 0.6 is 0 Å². The van der Waals surface area contributed by atoms with Crippen molar-refractivity contribution in [3.05, 3.63) is 16.7 Å². The summed E-state index contributed by atoms with van der Waals surface area (Å²) in [6.45, 7) is 2.31. The zero-order valence-corrected chi connectivity index (χ0v) is 8.89. The van der Waals surface area contributed by atoms with E-state index in [1.165, 1.54) is 4.57 Å². The molecule has 0 aliphatic heterocycles. The number of imidazole rings is 1. The number of rotatable bonds is 2. The Bertz CT molecular complexity index is 555. The van der Waals surface area contributed by atoms with E-state index in [0.29, 0.717) is 23.8 Å². The van der Waals surface area contributed by atoms with Crippen LogP contribution in [0.15, 0.2) is 11.1 Å². The fraction of sp³-hybridized carbons (Fsp3) is 0.444. The van der Waals surface area contributed by atoms with Crippen molar-refractivity contribution in [2.45, 2.75) is 6.92 Å². The summed E-state index contributed by atoms with van der Waals surface area (Å²) in [5.41, 5.74) is 0.758. The molecular weight excluding hydrogens is 196 g/mol. The van der Waals surface area contributed by atoms with Crippen LogP contribution in [0.2, 0.25) is 0 Å². The van der Waals surface area contributed by atoms with Crippen LogP contribution in [0.4, 0.5) is 0 Å². The van der Waals surface area contributed by atoms with Gasteiger partial charge in [0, 0.05) is 14.1 Å². The van der Waals surface area contributed by atoms with E-state index in [2.05, 4.69) is 9.97 Å². The minimum absolute atomic E-state index is 0.150. The first kappa shape index (κ1) is 9.70. The Hall–Kier alpha value is -1.85. The second-order valence-corrected chi connectivity index (χ2v) is 3.22. The monoisotopic (exact) mass is 208 g/mol. The van der Waals surface area contributed by atoms with Crippen molar-refractivity contribution in [1.29, 1.82) is 0 Å². The van der Waals surface area contributed by atoms with Gasteiger partial charge in [0.15, 0.2) is 11.2 Å². The molecule has 80 valence electrons. The maximum atomic E-state index is 11.9. The average molecular weight is 208 g/mol. The molecule has 2 heterocycles. The average Bonchev–Trinajstić information content (AvgIpc) is 2.56. The fourth-order valence-corrected chi connectivity index (χ4v) is 1.42. The van der Waals surface area contributed by atoms with E-state index in [9.17, 15) is 4.79 Å². The van der Waals surface area contributed by atoms with E-state index >= 15 is 0 Å². The van der Waals surface area contributed by atoms with Crippen molar-refractivity contribution in [3.8, 4) is 6.01 Å². The summed E-state index contributed by atoms with van der Waals surface area (Å²) in [6.07, 6.45) is 1.56. The molecule has 0 fully saturated rings. The first-order valence-electron chi connectivity index (χ1n) is 4.66. The largest absolute Gasteiger partial charge is 0.465 e. The van der Waals surface area contributed by atoms with E-state index in [1.54, 1.807) is 25.0 Å². The first-order valence-corrected chi connectivity index (χ1v) is 4.66. The summed E-state index contributed by atoms with van der Waals surface area (Å²) in [7, 11) is 3.39. The summed E-state index contributed by atoms with van der Waals surface area (Å²) in [5.74, 6) is 0. The first-order chi connectivity index (χ1) is 7.15. The highest BCUT2D eigenvalue weighted by molar-refractivity contribution is 5.69. The summed E-state index contributed by atoms with van der Waals surface area (Å²) in [5, 5.41) is 0. The van der Waals surface area contributed by atoms with E-state index in [0.717, 1.165) is 0 Å². The molecule has 0 aromatic carbocycles. The van der Waals surface area contributed by atoms with E-state index in [4.69, 9.17) is 4.74 Å². The number of hydrogen-bond donors (Lipinski definition) is 0. The van der Waals surface area contributed by atoms with Gasteiger partial charge < -0.3 is 9.30 Å². The van der Waals surface area contributed by atoms with Gasteiger partial charge in [-0.05, 0) is 6.92 Å². The SMILES string of the molecule is CCOc1nc2ncn(C)c2c(=O)n1C. The number of aromatic nitrogens is 4. The number of ether oxygens (including phenoxy) is 1. The van der Waals surface area contributed by atoms with Gasteiger partial charge in [-0.2, -0.15) is 4.98 Å². The van der Waals surface area contributed by atoms with Gasteiger partial charge in [-0.1, -0.05) is 0 Å². The molecule has 6 nitrogen and oxygen atoms in total. The van der Waals surface area contributed by atoms with Crippen molar-refractivity contribution < 1.29 is 4.74 Å². The molecule has 6 heteroatoms. The number of hydrogen-bond acceptors (Lipinski definition) is 4. The molecule has 0 bridgehead atoms. The molecule has 2 rings (SSSR count). The molecule has 0 saturated carbocycles. The van der Waals surface area contributed by atoms with Gasteiger partial charge in [0.2, 0.25) is 0 Å².